The summed E-state index contributed by atoms with van der Waals surface area (Å²) < 4.78 is 0. The molecule has 2 aliphatic rings. The number of hydrogen-bond acceptors (Lipinski definition) is 7. The molecule has 0 spiro atoms. The topological polar surface area (TPSA) is 126 Å². The predicted octanol–water partition coefficient (Wildman–Crippen LogP) is 3.54. The normalized spacial score (nSPS) is 16.7. The van der Waals surface area contributed by atoms with Gasteiger partial charge in [-0.1, -0.05) is 42.8 Å². The zero-order valence-electron chi connectivity index (χ0n) is 19.4. The van der Waals surface area contributed by atoms with E-state index in [1.54, 1.807) is 24.3 Å². The molecule has 1 atom stereocenters. The molecule has 4 rings (SSSR count). The summed E-state index contributed by atoms with van der Waals surface area (Å²) in [6.45, 7) is 0.529. The van der Waals surface area contributed by atoms with Crippen LogP contribution in [0.15, 0.2) is 83.0 Å². The minimum Gasteiger partial charge on any atom is -0.403 e. The number of anilines is 2. The molecular weight excluding hydrogens is 480 g/mol. The van der Waals surface area contributed by atoms with Gasteiger partial charge in [0, 0.05) is 24.0 Å². The molecule has 9 nitrogen and oxygen atoms in total. The van der Waals surface area contributed by atoms with Gasteiger partial charge in [0.15, 0.2) is 6.04 Å². The molecule has 1 heterocycles. The summed E-state index contributed by atoms with van der Waals surface area (Å²) in [6.07, 6.45) is 3.68. The third kappa shape index (κ3) is 6.41. The number of allylic oxidation sites excluding steroid dienone is 2. The van der Waals surface area contributed by atoms with Gasteiger partial charge in [-0.05, 0) is 42.9 Å². The van der Waals surface area contributed by atoms with Crippen LogP contribution in [-0.2, 0) is 19.2 Å². The van der Waals surface area contributed by atoms with Crippen LogP contribution in [0.2, 0.25) is 0 Å². The van der Waals surface area contributed by atoms with E-state index in [-0.39, 0.29) is 23.1 Å². The van der Waals surface area contributed by atoms with Crippen molar-refractivity contribution in [2.24, 2.45) is 0 Å². The number of ketones is 2. The minimum absolute atomic E-state index is 0.0343. The number of unbranched alkanes of at least 4 members (excludes halogenated alkanes) is 2. The van der Waals surface area contributed by atoms with Crippen LogP contribution in [0, 0.1) is 0 Å². The van der Waals surface area contributed by atoms with Crippen molar-refractivity contribution in [3.8, 4) is 0 Å². The lowest BCUT2D eigenvalue weighted by Crippen LogP contribution is -2.39. The second kappa shape index (κ2) is 12.2. The molecule has 1 unspecified atom stereocenters. The standard InChI is InChI=1S/C26H26N4O5S/c31-19-16-20(36-15-9-3-8-14-27-26(34)29-18-12-6-2-7-13-18)23(32)21-22(30-35-24(19)21)25(33)28-17-10-4-1-5-11-17/h1-2,4-7,10-13,16,22,30H,3,8-9,14-15H2,(H,28,33)(H2,27,29,34). The van der Waals surface area contributed by atoms with E-state index >= 15 is 0 Å². The fourth-order valence-electron chi connectivity index (χ4n) is 3.68. The molecule has 36 heavy (non-hydrogen) atoms. The van der Waals surface area contributed by atoms with Gasteiger partial charge in [-0.3, -0.25) is 14.4 Å². The Labute approximate surface area is 212 Å². The molecule has 2 aromatic carbocycles. The van der Waals surface area contributed by atoms with E-state index in [1.165, 1.54) is 17.8 Å². The summed E-state index contributed by atoms with van der Waals surface area (Å²) >= 11 is 1.28. The fourth-order valence-corrected chi connectivity index (χ4v) is 4.68. The first-order valence-corrected chi connectivity index (χ1v) is 12.6. The molecule has 1 aliphatic heterocycles. The first-order valence-electron chi connectivity index (χ1n) is 11.6. The number of nitrogens with one attached hydrogen (secondary N) is 4. The van der Waals surface area contributed by atoms with Gasteiger partial charge in [0.2, 0.25) is 23.2 Å². The molecular formula is C26H26N4O5S. The fraction of sp³-hybridized carbons (Fsp3) is 0.231. The zero-order chi connectivity index (χ0) is 25.3. The van der Waals surface area contributed by atoms with Gasteiger partial charge in [0.25, 0.3) is 0 Å². The zero-order valence-corrected chi connectivity index (χ0v) is 20.2. The predicted molar refractivity (Wildman–Crippen MR) is 138 cm³/mol. The Morgan fingerprint density at radius 3 is 2.25 bits per heavy atom. The van der Waals surface area contributed by atoms with Crippen molar-refractivity contribution < 1.29 is 24.0 Å². The maximum Gasteiger partial charge on any atom is 0.319 e. The molecule has 2 aromatic rings. The number of amides is 3. The minimum atomic E-state index is -1.07. The van der Waals surface area contributed by atoms with Gasteiger partial charge in [-0.2, -0.15) is 0 Å². The number of hydrogen-bond donors (Lipinski definition) is 4. The van der Waals surface area contributed by atoms with Crippen LogP contribution < -0.4 is 21.4 Å². The molecule has 186 valence electrons. The number of benzene rings is 2. The molecule has 0 bridgehead atoms. The summed E-state index contributed by atoms with van der Waals surface area (Å²) in [7, 11) is 0. The number of carbonyl (C=O) groups excluding carboxylic acids is 4. The van der Waals surface area contributed by atoms with Gasteiger partial charge < -0.3 is 20.8 Å². The van der Waals surface area contributed by atoms with Crippen molar-refractivity contribution in [2.75, 3.05) is 22.9 Å². The molecule has 3 amide bonds. The van der Waals surface area contributed by atoms with Crippen molar-refractivity contribution in [1.29, 1.82) is 0 Å². The third-order valence-electron chi connectivity index (χ3n) is 5.47. The van der Waals surface area contributed by atoms with E-state index < -0.39 is 17.7 Å². The summed E-state index contributed by atoms with van der Waals surface area (Å²) in [4.78, 5) is 55.6. The SMILES string of the molecule is O=C(NCCCCCSC1=CC(=O)C2=C(C1=O)C(C(=O)Nc1ccccc1)NO2)Nc1ccccc1. The number of para-hydroxylation sites is 2. The lowest BCUT2D eigenvalue weighted by atomic mass is 9.95. The number of hydroxylamine groups is 1. The van der Waals surface area contributed by atoms with Gasteiger partial charge in [-0.25, -0.2) is 4.79 Å². The van der Waals surface area contributed by atoms with Crippen LogP contribution in [0.25, 0.3) is 0 Å². The Hall–Kier alpha value is -3.89. The van der Waals surface area contributed by atoms with E-state index in [9.17, 15) is 19.2 Å². The second-order valence-electron chi connectivity index (χ2n) is 8.11. The van der Waals surface area contributed by atoms with Gasteiger partial charge >= 0.3 is 6.03 Å². The molecule has 4 N–H and O–H groups in total. The van der Waals surface area contributed by atoms with E-state index in [2.05, 4.69) is 21.4 Å². The number of carbonyl (C=O) groups is 4. The highest BCUT2D eigenvalue weighted by atomic mass is 32.2. The van der Waals surface area contributed by atoms with Crippen molar-refractivity contribution in [3.63, 3.8) is 0 Å². The average molecular weight is 507 g/mol. The molecule has 0 saturated heterocycles. The Balaban J connectivity index is 1.19. The lowest BCUT2D eigenvalue weighted by Gasteiger charge is -2.15. The average Bonchev–Trinajstić information content (AvgIpc) is 3.34. The number of Topliss-reactive ketones (excluding diaryl/α,β-unsaturated/α-hetero) is 1. The number of rotatable bonds is 10. The summed E-state index contributed by atoms with van der Waals surface area (Å²) in [5.74, 6) is -0.811. The first kappa shape index (κ1) is 25.2. The smallest absolute Gasteiger partial charge is 0.319 e. The van der Waals surface area contributed by atoms with Crippen LogP contribution >= 0.6 is 11.8 Å². The Bertz CT molecular complexity index is 1200. The molecule has 0 radical (unpaired) electrons. The van der Waals surface area contributed by atoms with E-state index in [1.807, 2.05) is 36.4 Å². The summed E-state index contributed by atoms with van der Waals surface area (Å²) in [6, 6.07) is 16.7. The molecule has 1 aliphatic carbocycles. The highest BCUT2D eigenvalue weighted by molar-refractivity contribution is 8.04. The second-order valence-corrected chi connectivity index (χ2v) is 9.25. The van der Waals surface area contributed by atoms with E-state index in [0.29, 0.717) is 22.9 Å². The van der Waals surface area contributed by atoms with Gasteiger partial charge in [-0.15, -0.1) is 17.2 Å². The van der Waals surface area contributed by atoms with Gasteiger partial charge in [0.1, 0.15) is 0 Å². The van der Waals surface area contributed by atoms with E-state index in [0.717, 1.165) is 24.9 Å². The highest BCUT2D eigenvalue weighted by Gasteiger charge is 2.43. The van der Waals surface area contributed by atoms with Crippen LogP contribution in [0.5, 0.6) is 0 Å². The number of urea groups is 1. The van der Waals surface area contributed by atoms with Crippen molar-refractivity contribution in [1.82, 2.24) is 10.8 Å². The molecule has 10 heteroatoms. The van der Waals surface area contributed by atoms with Crippen molar-refractivity contribution in [2.45, 2.75) is 25.3 Å². The summed E-state index contributed by atoms with van der Waals surface area (Å²) in [5, 5.41) is 8.29. The lowest BCUT2D eigenvalue weighted by molar-refractivity contribution is -0.120. The van der Waals surface area contributed by atoms with Crippen LogP contribution in [0.3, 0.4) is 0 Å². The van der Waals surface area contributed by atoms with Crippen LogP contribution in [0.4, 0.5) is 16.2 Å². The summed E-state index contributed by atoms with van der Waals surface area (Å²) in [5.41, 5.74) is 3.84. The largest absolute Gasteiger partial charge is 0.403 e. The monoisotopic (exact) mass is 506 g/mol. The van der Waals surface area contributed by atoms with Crippen LogP contribution in [0.1, 0.15) is 19.3 Å². The molecule has 0 aromatic heterocycles. The molecule has 0 fully saturated rings. The number of thioether (sulfide) groups is 1. The maximum atomic E-state index is 13.1. The Morgan fingerprint density at radius 2 is 1.56 bits per heavy atom. The van der Waals surface area contributed by atoms with Gasteiger partial charge in [0.05, 0.1) is 10.5 Å². The van der Waals surface area contributed by atoms with E-state index in [4.69, 9.17) is 4.84 Å². The van der Waals surface area contributed by atoms with Crippen molar-refractivity contribution >= 4 is 46.6 Å². The maximum absolute atomic E-state index is 13.1. The molecule has 0 saturated carbocycles. The highest BCUT2D eigenvalue weighted by Crippen LogP contribution is 2.33. The van der Waals surface area contributed by atoms with Crippen molar-refractivity contribution in [3.05, 3.63) is 83.0 Å². The van der Waals surface area contributed by atoms with Crippen LogP contribution in [-0.4, -0.2) is 41.8 Å². The first-order chi connectivity index (χ1) is 17.5. The quantitative estimate of drug-likeness (QED) is 0.287. The Morgan fingerprint density at radius 1 is 0.889 bits per heavy atom. The third-order valence-corrected chi connectivity index (χ3v) is 6.57. The Kier molecular flexibility index (Phi) is 8.53.